The monoisotopic (exact) mass is 384 g/mol. The van der Waals surface area contributed by atoms with Gasteiger partial charge in [0.1, 0.15) is 0 Å². The summed E-state index contributed by atoms with van der Waals surface area (Å²) in [4.78, 5) is 7.03. The first-order valence-corrected chi connectivity index (χ1v) is 9.45. The molecule has 1 heterocycles. The summed E-state index contributed by atoms with van der Waals surface area (Å²) in [5, 5.41) is 6.61. The number of ether oxygens (including phenoxy) is 2. The Hall–Kier alpha value is -2.09. The van der Waals surface area contributed by atoms with Crippen molar-refractivity contribution in [2.24, 2.45) is 4.99 Å². The minimum Gasteiger partial charge on any atom is -0.493 e. The zero-order valence-corrected chi connectivity index (χ0v) is 16.3. The smallest absolute Gasteiger partial charge is 0.387 e. The molecule has 1 saturated heterocycles. The van der Waals surface area contributed by atoms with E-state index >= 15 is 0 Å². The molecule has 0 aliphatic carbocycles. The fourth-order valence-electron chi connectivity index (χ4n) is 3.28. The number of halogens is 2. The molecule has 152 valence electrons. The lowest BCUT2D eigenvalue weighted by Crippen LogP contribution is -2.44. The Labute approximate surface area is 159 Å². The predicted molar refractivity (Wildman–Crippen MR) is 103 cm³/mol. The number of methoxy groups -OCH3 is 1. The summed E-state index contributed by atoms with van der Waals surface area (Å²) >= 11 is 0. The molecule has 2 N–H and O–H groups in total. The van der Waals surface area contributed by atoms with Crippen LogP contribution in [0.2, 0.25) is 0 Å². The van der Waals surface area contributed by atoms with Crippen LogP contribution in [0.3, 0.4) is 0 Å². The minimum absolute atomic E-state index is 0.0164. The second kappa shape index (κ2) is 10.9. The number of hydrogen-bond acceptors (Lipinski definition) is 4. The van der Waals surface area contributed by atoms with Crippen LogP contribution in [0.4, 0.5) is 8.78 Å². The van der Waals surface area contributed by atoms with Crippen molar-refractivity contribution in [2.45, 2.75) is 45.9 Å². The van der Waals surface area contributed by atoms with Crippen molar-refractivity contribution in [2.75, 3.05) is 33.3 Å². The molecule has 6 nitrogen and oxygen atoms in total. The Bertz CT molecular complexity index is 613. The second-order valence-electron chi connectivity index (χ2n) is 6.36. The third-order valence-corrected chi connectivity index (χ3v) is 4.62. The molecule has 0 saturated carbocycles. The second-order valence-corrected chi connectivity index (χ2v) is 6.36. The average Bonchev–Trinajstić information content (AvgIpc) is 3.11. The van der Waals surface area contributed by atoms with E-state index in [-0.39, 0.29) is 11.5 Å². The zero-order valence-electron chi connectivity index (χ0n) is 16.3. The number of alkyl halides is 2. The molecule has 1 aromatic carbocycles. The molecule has 0 bridgehead atoms. The molecule has 1 aromatic rings. The van der Waals surface area contributed by atoms with Gasteiger partial charge in [-0.2, -0.15) is 8.78 Å². The molecule has 0 spiro atoms. The van der Waals surface area contributed by atoms with E-state index in [4.69, 9.17) is 4.74 Å². The molecule has 2 rings (SSSR count). The topological polar surface area (TPSA) is 58.1 Å². The van der Waals surface area contributed by atoms with Crippen molar-refractivity contribution < 1.29 is 18.3 Å². The van der Waals surface area contributed by atoms with Gasteiger partial charge in [-0.25, -0.2) is 4.99 Å². The van der Waals surface area contributed by atoms with Crippen LogP contribution >= 0.6 is 0 Å². The molecule has 1 fully saturated rings. The Kier molecular flexibility index (Phi) is 8.57. The first-order valence-electron chi connectivity index (χ1n) is 9.45. The molecular formula is C19H30F2N4O2. The quantitative estimate of drug-likeness (QED) is 0.507. The standard InChI is InChI=1S/C19H30F2N4O2/c1-4-22-19(24-13-15-7-6-10-25(15)5-2)23-12-14-8-9-16(26-3)17(11-14)27-18(20)21/h8-9,11,15,18H,4-7,10,12-13H2,1-3H3,(H2,22,23,24). The maximum Gasteiger partial charge on any atom is 0.387 e. The largest absolute Gasteiger partial charge is 0.493 e. The summed E-state index contributed by atoms with van der Waals surface area (Å²) in [6.45, 7) is 5.42. The highest BCUT2D eigenvalue weighted by Crippen LogP contribution is 2.29. The number of nitrogens with zero attached hydrogens (tertiary/aromatic N) is 2. The lowest BCUT2D eigenvalue weighted by atomic mass is 10.2. The van der Waals surface area contributed by atoms with Crippen molar-refractivity contribution in [1.82, 2.24) is 15.5 Å². The van der Waals surface area contributed by atoms with E-state index in [1.54, 1.807) is 12.1 Å². The molecule has 0 radical (unpaired) electrons. The number of likely N-dealkylation sites (N-methyl/N-ethyl adjacent to an activating group) is 1. The number of likely N-dealkylation sites (tertiary alicyclic amines) is 1. The van der Waals surface area contributed by atoms with Crippen LogP contribution in [0.15, 0.2) is 23.2 Å². The normalized spacial score (nSPS) is 18.0. The van der Waals surface area contributed by atoms with Gasteiger partial charge in [0.25, 0.3) is 0 Å². The summed E-state index contributed by atoms with van der Waals surface area (Å²) < 4.78 is 34.7. The molecule has 1 atom stereocenters. The van der Waals surface area contributed by atoms with E-state index in [9.17, 15) is 8.78 Å². The predicted octanol–water partition coefficient (Wildman–Crippen LogP) is 2.84. The van der Waals surface area contributed by atoms with Crippen molar-refractivity contribution >= 4 is 5.96 Å². The lowest BCUT2D eigenvalue weighted by Gasteiger charge is -2.24. The van der Waals surface area contributed by atoms with Gasteiger partial charge in [0.15, 0.2) is 17.5 Å². The Morgan fingerprint density at radius 3 is 2.78 bits per heavy atom. The van der Waals surface area contributed by atoms with Crippen LogP contribution < -0.4 is 20.1 Å². The van der Waals surface area contributed by atoms with Gasteiger partial charge >= 0.3 is 6.61 Å². The van der Waals surface area contributed by atoms with E-state index in [2.05, 4.69) is 32.2 Å². The van der Waals surface area contributed by atoms with Gasteiger partial charge in [-0.05, 0) is 50.6 Å². The van der Waals surface area contributed by atoms with Gasteiger partial charge < -0.3 is 20.1 Å². The van der Waals surface area contributed by atoms with E-state index in [0.717, 1.165) is 31.7 Å². The molecular weight excluding hydrogens is 354 g/mol. The van der Waals surface area contributed by atoms with Crippen LogP contribution in [0.5, 0.6) is 11.5 Å². The van der Waals surface area contributed by atoms with Crippen molar-refractivity contribution in [3.63, 3.8) is 0 Å². The Morgan fingerprint density at radius 2 is 2.11 bits per heavy atom. The molecule has 1 aliphatic heterocycles. The number of hydrogen-bond donors (Lipinski definition) is 2. The molecule has 0 amide bonds. The van der Waals surface area contributed by atoms with Crippen LogP contribution in [0.1, 0.15) is 32.3 Å². The van der Waals surface area contributed by atoms with Crippen molar-refractivity contribution in [1.29, 1.82) is 0 Å². The SMILES string of the molecule is CCNC(=NCc1ccc(OC)c(OC(F)F)c1)NCC1CCCN1CC. The molecule has 0 aromatic heterocycles. The first-order chi connectivity index (χ1) is 13.1. The van der Waals surface area contributed by atoms with Crippen molar-refractivity contribution in [3.05, 3.63) is 23.8 Å². The van der Waals surface area contributed by atoms with Crippen LogP contribution in [-0.4, -0.2) is 56.8 Å². The highest BCUT2D eigenvalue weighted by atomic mass is 19.3. The Morgan fingerprint density at radius 1 is 1.30 bits per heavy atom. The maximum absolute atomic E-state index is 12.6. The summed E-state index contributed by atoms with van der Waals surface area (Å²) in [5.74, 6) is 1.00. The van der Waals surface area contributed by atoms with Crippen LogP contribution in [-0.2, 0) is 6.54 Å². The zero-order chi connectivity index (χ0) is 19.6. The third kappa shape index (κ3) is 6.53. The van der Waals surface area contributed by atoms with Gasteiger partial charge in [-0.15, -0.1) is 0 Å². The fraction of sp³-hybridized carbons (Fsp3) is 0.632. The number of aliphatic imine (C=N–C) groups is 1. The van der Waals surface area contributed by atoms with Gasteiger partial charge in [-0.1, -0.05) is 13.0 Å². The van der Waals surface area contributed by atoms with E-state index in [0.29, 0.717) is 18.5 Å². The number of rotatable bonds is 9. The van der Waals surface area contributed by atoms with Crippen LogP contribution in [0, 0.1) is 0 Å². The van der Waals surface area contributed by atoms with Crippen LogP contribution in [0.25, 0.3) is 0 Å². The molecule has 8 heteroatoms. The lowest BCUT2D eigenvalue weighted by molar-refractivity contribution is -0.0512. The van der Waals surface area contributed by atoms with Gasteiger partial charge in [0.2, 0.25) is 0 Å². The molecule has 27 heavy (non-hydrogen) atoms. The van der Waals surface area contributed by atoms with Gasteiger partial charge in [-0.3, -0.25) is 4.90 Å². The first kappa shape index (κ1) is 21.2. The highest BCUT2D eigenvalue weighted by molar-refractivity contribution is 5.79. The maximum atomic E-state index is 12.6. The average molecular weight is 384 g/mol. The van der Waals surface area contributed by atoms with E-state index < -0.39 is 6.61 Å². The highest BCUT2D eigenvalue weighted by Gasteiger charge is 2.22. The summed E-state index contributed by atoms with van der Waals surface area (Å²) in [5.41, 5.74) is 0.764. The van der Waals surface area contributed by atoms with E-state index in [1.165, 1.54) is 26.0 Å². The minimum atomic E-state index is -2.90. The van der Waals surface area contributed by atoms with Gasteiger partial charge in [0, 0.05) is 19.1 Å². The Balaban J connectivity index is 2.00. The molecule has 1 aliphatic rings. The van der Waals surface area contributed by atoms with Gasteiger partial charge in [0.05, 0.1) is 13.7 Å². The third-order valence-electron chi connectivity index (χ3n) is 4.62. The summed E-state index contributed by atoms with van der Waals surface area (Å²) in [6, 6.07) is 5.46. The van der Waals surface area contributed by atoms with E-state index in [1.807, 2.05) is 6.92 Å². The fourth-order valence-corrected chi connectivity index (χ4v) is 3.28. The molecule has 1 unspecified atom stereocenters. The summed E-state index contributed by atoms with van der Waals surface area (Å²) in [6.07, 6.45) is 2.42. The summed E-state index contributed by atoms with van der Waals surface area (Å²) in [7, 11) is 1.42. The number of guanidine groups is 1. The number of benzene rings is 1. The number of nitrogens with one attached hydrogen (secondary N) is 2. The van der Waals surface area contributed by atoms with Crippen molar-refractivity contribution in [3.8, 4) is 11.5 Å².